The fourth-order valence-corrected chi connectivity index (χ4v) is 2.67. The summed E-state index contributed by atoms with van der Waals surface area (Å²) in [5.41, 5.74) is 0.829. The van der Waals surface area contributed by atoms with E-state index >= 15 is 0 Å². The Morgan fingerprint density at radius 1 is 1.30 bits per heavy atom. The molecule has 1 rings (SSSR count). The zero-order valence-corrected chi connectivity index (χ0v) is 12.8. The molecule has 7 nitrogen and oxygen atoms in total. The Kier molecular flexibility index (Phi) is 7.78. The van der Waals surface area contributed by atoms with Crippen LogP contribution in [0.4, 0.5) is 0 Å². The largest absolute Gasteiger partial charge is 0.382 e. The minimum atomic E-state index is -3.44. The van der Waals surface area contributed by atoms with Crippen molar-refractivity contribution in [3.63, 3.8) is 0 Å². The fourth-order valence-electron chi connectivity index (χ4n) is 1.57. The van der Waals surface area contributed by atoms with Crippen molar-refractivity contribution in [1.82, 2.24) is 15.0 Å². The van der Waals surface area contributed by atoms with Crippen molar-refractivity contribution in [3.05, 3.63) is 18.0 Å². The summed E-state index contributed by atoms with van der Waals surface area (Å²) < 4.78 is 36.6. The van der Waals surface area contributed by atoms with E-state index in [0.717, 1.165) is 5.69 Å². The van der Waals surface area contributed by atoms with Crippen molar-refractivity contribution in [2.24, 2.45) is 0 Å². The second-order valence-electron chi connectivity index (χ2n) is 4.25. The summed E-state index contributed by atoms with van der Waals surface area (Å²) in [6, 6.07) is 1.62. The molecule has 1 aromatic heterocycles. The molecular weight excluding hydrogens is 282 g/mol. The minimum Gasteiger partial charge on any atom is -0.382 e. The molecule has 8 heteroatoms. The lowest BCUT2D eigenvalue weighted by Crippen LogP contribution is -2.25. The topological polar surface area (TPSA) is 92.5 Å². The highest BCUT2D eigenvalue weighted by Crippen LogP contribution is 2.10. The first-order valence-corrected chi connectivity index (χ1v) is 7.96. The van der Waals surface area contributed by atoms with Crippen LogP contribution >= 0.6 is 0 Å². The summed E-state index contributed by atoms with van der Waals surface area (Å²) in [6.07, 6.45) is 2.11. The number of methoxy groups -OCH3 is 1. The van der Waals surface area contributed by atoms with E-state index in [9.17, 15) is 8.42 Å². The van der Waals surface area contributed by atoms with Crippen LogP contribution in [0.5, 0.6) is 0 Å². The van der Waals surface area contributed by atoms with Gasteiger partial charge in [0, 0.05) is 38.7 Å². The number of aromatic nitrogens is 1. The summed E-state index contributed by atoms with van der Waals surface area (Å²) in [5.74, 6) is 0. The lowest BCUT2D eigenvalue weighted by molar-refractivity contribution is 0.0699. The summed E-state index contributed by atoms with van der Waals surface area (Å²) in [5, 5.41) is 2.95. The summed E-state index contributed by atoms with van der Waals surface area (Å²) in [7, 11) is -0.0342. The van der Waals surface area contributed by atoms with E-state index in [4.69, 9.17) is 9.47 Å². The standard InChI is InChI=1S/C12H23N3O4S/c1-13-9-11-8-12(10-14-11)20(16,17)15-4-3-5-19-7-6-18-2/h8,10,13-15H,3-7,9H2,1-2H3. The van der Waals surface area contributed by atoms with Crippen molar-refractivity contribution in [1.29, 1.82) is 0 Å². The number of sulfonamides is 1. The van der Waals surface area contributed by atoms with Gasteiger partial charge in [0.15, 0.2) is 0 Å². The highest BCUT2D eigenvalue weighted by molar-refractivity contribution is 7.89. The monoisotopic (exact) mass is 305 g/mol. The maximum atomic E-state index is 12.0. The zero-order valence-electron chi connectivity index (χ0n) is 11.9. The molecule has 0 aliphatic heterocycles. The first-order valence-electron chi connectivity index (χ1n) is 6.48. The Labute approximate surface area is 120 Å². The molecule has 0 bridgehead atoms. The van der Waals surface area contributed by atoms with E-state index in [1.165, 1.54) is 6.20 Å². The molecule has 0 saturated carbocycles. The van der Waals surface area contributed by atoms with Crippen molar-refractivity contribution in [3.8, 4) is 0 Å². The van der Waals surface area contributed by atoms with Gasteiger partial charge in [0.2, 0.25) is 10.0 Å². The van der Waals surface area contributed by atoms with Gasteiger partial charge in [0.25, 0.3) is 0 Å². The van der Waals surface area contributed by atoms with Crippen molar-refractivity contribution in [2.45, 2.75) is 17.9 Å². The molecule has 20 heavy (non-hydrogen) atoms. The smallest absolute Gasteiger partial charge is 0.242 e. The van der Waals surface area contributed by atoms with E-state index in [0.29, 0.717) is 39.3 Å². The van der Waals surface area contributed by atoms with Gasteiger partial charge in [0.1, 0.15) is 0 Å². The Morgan fingerprint density at radius 2 is 2.10 bits per heavy atom. The van der Waals surface area contributed by atoms with Gasteiger partial charge >= 0.3 is 0 Å². The zero-order chi connectivity index (χ0) is 14.8. The van der Waals surface area contributed by atoms with Crippen LogP contribution in [-0.4, -0.2) is 53.9 Å². The number of H-pyrrole nitrogens is 1. The van der Waals surface area contributed by atoms with Crippen LogP contribution < -0.4 is 10.0 Å². The molecule has 0 aromatic carbocycles. The molecule has 0 aliphatic carbocycles. The van der Waals surface area contributed by atoms with Crippen LogP contribution in [0.15, 0.2) is 17.2 Å². The normalized spacial score (nSPS) is 11.9. The summed E-state index contributed by atoms with van der Waals surface area (Å²) >= 11 is 0. The molecule has 116 valence electrons. The number of rotatable bonds is 11. The van der Waals surface area contributed by atoms with Crippen LogP contribution in [0.2, 0.25) is 0 Å². The lowest BCUT2D eigenvalue weighted by atomic mass is 10.4. The van der Waals surface area contributed by atoms with Crippen LogP contribution in [-0.2, 0) is 26.0 Å². The Hall–Kier alpha value is -0.930. The number of nitrogens with one attached hydrogen (secondary N) is 3. The third-order valence-corrected chi connectivity index (χ3v) is 4.02. The van der Waals surface area contributed by atoms with Crippen LogP contribution in [0.1, 0.15) is 12.1 Å². The van der Waals surface area contributed by atoms with Crippen LogP contribution in [0, 0.1) is 0 Å². The first kappa shape index (κ1) is 17.1. The minimum absolute atomic E-state index is 0.253. The molecule has 0 radical (unpaired) electrons. The van der Waals surface area contributed by atoms with Gasteiger partial charge in [-0.2, -0.15) is 0 Å². The molecule has 0 saturated heterocycles. The van der Waals surface area contributed by atoms with E-state index in [1.807, 2.05) is 0 Å². The van der Waals surface area contributed by atoms with Gasteiger partial charge in [-0.05, 0) is 19.5 Å². The SMILES string of the molecule is CNCc1cc(S(=O)(=O)NCCCOCCOC)c[nH]1. The third-order valence-electron chi connectivity index (χ3n) is 2.58. The number of ether oxygens (including phenoxy) is 2. The van der Waals surface area contributed by atoms with Gasteiger partial charge in [-0.3, -0.25) is 0 Å². The second kappa shape index (κ2) is 9.09. The van der Waals surface area contributed by atoms with E-state index in [1.54, 1.807) is 20.2 Å². The maximum Gasteiger partial charge on any atom is 0.242 e. The lowest BCUT2D eigenvalue weighted by Gasteiger charge is -2.05. The highest BCUT2D eigenvalue weighted by Gasteiger charge is 2.14. The van der Waals surface area contributed by atoms with Gasteiger partial charge in [-0.25, -0.2) is 13.1 Å². The quantitative estimate of drug-likeness (QED) is 0.503. The second-order valence-corrected chi connectivity index (χ2v) is 6.01. The maximum absolute atomic E-state index is 12.0. The van der Waals surface area contributed by atoms with Gasteiger partial charge in [-0.1, -0.05) is 0 Å². The Bertz CT molecular complexity index is 473. The number of hydrogen-bond donors (Lipinski definition) is 3. The van der Waals surface area contributed by atoms with Gasteiger partial charge in [-0.15, -0.1) is 0 Å². The van der Waals surface area contributed by atoms with E-state index in [-0.39, 0.29) is 4.90 Å². The molecule has 0 spiro atoms. The van der Waals surface area contributed by atoms with Gasteiger partial charge in [0.05, 0.1) is 18.1 Å². The molecule has 0 unspecified atom stereocenters. The first-order chi connectivity index (χ1) is 9.60. The average Bonchev–Trinajstić information content (AvgIpc) is 2.88. The molecule has 0 aliphatic rings. The van der Waals surface area contributed by atoms with Crippen molar-refractivity contribution < 1.29 is 17.9 Å². The molecule has 0 atom stereocenters. The van der Waals surface area contributed by atoms with Crippen LogP contribution in [0.3, 0.4) is 0 Å². The molecule has 0 fully saturated rings. The van der Waals surface area contributed by atoms with Crippen molar-refractivity contribution in [2.75, 3.05) is 40.5 Å². The molecule has 3 N–H and O–H groups in total. The summed E-state index contributed by atoms with van der Waals surface area (Å²) in [6.45, 7) is 2.52. The Morgan fingerprint density at radius 3 is 2.80 bits per heavy atom. The van der Waals surface area contributed by atoms with Crippen molar-refractivity contribution >= 4 is 10.0 Å². The van der Waals surface area contributed by atoms with E-state index < -0.39 is 10.0 Å². The fraction of sp³-hybridized carbons (Fsp3) is 0.667. The van der Waals surface area contributed by atoms with Gasteiger partial charge < -0.3 is 19.8 Å². The molecule has 1 aromatic rings. The number of aromatic amines is 1. The predicted molar refractivity (Wildman–Crippen MR) is 76.1 cm³/mol. The summed E-state index contributed by atoms with van der Waals surface area (Å²) in [4.78, 5) is 3.17. The van der Waals surface area contributed by atoms with Crippen LogP contribution in [0.25, 0.3) is 0 Å². The number of hydrogen-bond acceptors (Lipinski definition) is 5. The molecular formula is C12H23N3O4S. The third kappa shape index (κ3) is 6.02. The van der Waals surface area contributed by atoms with E-state index in [2.05, 4.69) is 15.0 Å². The highest BCUT2D eigenvalue weighted by atomic mass is 32.2. The average molecular weight is 305 g/mol. The predicted octanol–water partition coefficient (Wildman–Crippen LogP) is 0.0655. The molecule has 0 amide bonds. The Balaban J connectivity index is 2.30. The molecule has 1 heterocycles.